The lowest BCUT2D eigenvalue weighted by Crippen LogP contribution is -2.45. The van der Waals surface area contributed by atoms with Crippen molar-refractivity contribution in [1.82, 2.24) is 5.32 Å². The number of allylic oxidation sites excluding steroid dienone is 2. The van der Waals surface area contributed by atoms with Gasteiger partial charge in [0.05, 0.1) is 25.4 Å². The summed E-state index contributed by atoms with van der Waals surface area (Å²) in [5, 5.41) is 23.4. The van der Waals surface area contributed by atoms with E-state index in [9.17, 15) is 19.8 Å². The van der Waals surface area contributed by atoms with Gasteiger partial charge in [-0.15, -0.1) is 0 Å². The van der Waals surface area contributed by atoms with E-state index in [-0.39, 0.29) is 18.5 Å². The maximum atomic E-state index is 12.5. The standard InChI is InChI=1S/C68H133NO5/c1-3-5-7-9-11-13-15-17-19-20-21-22-23-24-25-26-27-29-33-36-40-44-48-52-56-60-66(71)65(64-70)69-67(72)61-57-53-49-45-41-37-34-30-28-31-35-39-43-47-51-55-59-63-74-68(73)62-58-54-50-46-42-38-32-18-16-14-12-10-8-6-4-2/h18,32,65-66,70-71H,3-17,19-31,33-64H2,1-2H3,(H,69,72)/b32-18-. The Bertz CT molecular complexity index is 1110. The summed E-state index contributed by atoms with van der Waals surface area (Å²) in [6.07, 6.45) is 78.1. The van der Waals surface area contributed by atoms with Gasteiger partial charge in [-0.25, -0.2) is 0 Å². The minimum Gasteiger partial charge on any atom is -0.466 e. The number of carbonyl (C=O) groups excluding carboxylic acids is 2. The smallest absolute Gasteiger partial charge is 0.305 e. The number of unbranched alkanes of at least 4 members (excludes halogenated alkanes) is 51. The Hall–Kier alpha value is -1.40. The van der Waals surface area contributed by atoms with Crippen molar-refractivity contribution in [3.8, 4) is 0 Å². The number of aliphatic hydroxyl groups is 2. The van der Waals surface area contributed by atoms with E-state index in [0.29, 0.717) is 25.9 Å². The molecular formula is C68H133NO5. The van der Waals surface area contributed by atoms with Gasteiger partial charge in [0.15, 0.2) is 0 Å². The molecule has 0 saturated carbocycles. The molecule has 0 aliphatic heterocycles. The highest BCUT2D eigenvalue weighted by molar-refractivity contribution is 5.76. The molecule has 0 aromatic rings. The molecule has 0 aliphatic rings. The van der Waals surface area contributed by atoms with Crippen LogP contribution in [0.3, 0.4) is 0 Å². The third-order valence-electron chi connectivity index (χ3n) is 16.1. The van der Waals surface area contributed by atoms with E-state index in [2.05, 4.69) is 31.3 Å². The first-order valence-electron chi connectivity index (χ1n) is 33.9. The summed E-state index contributed by atoms with van der Waals surface area (Å²) >= 11 is 0. The SMILES string of the molecule is CCCCCCCC/C=C\CCCCCCCC(=O)OCCCCCCCCCCCCCCCCCCCC(=O)NC(CO)C(O)CCCCCCCCCCCCCCCCCCCCCCCCCCC. The highest BCUT2D eigenvalue weighted by atomic mass is 16.5. The molecule has 2 atom stereocenters. The van der Waals surface area contributed by atoms with Gasteiger partial charge in [0, 0.05) is 12.8 Å². The summed E-state index contributed by atoms with van der Waals surface area (Å²) in [6.45, 7) is 4.97. The topological polar surface area (TPSA) is 95.9 Å². The highest BCUT2D eigenvalue weighted by Gasteiger charge is 2.20. The first-order chi connectivity index (χ1) is 36.5. The fourth-order valence-electron chi connectivity index (χ4n) is 10.9. The zero-order valence-corrected chi connectivity index (χ0v) is 50.4. The normalized spacial score (nSPS) is 12.5. The summed E-state index contributed by atoms with van der Waals surface area (Å²) < 4.78 is 5.48. The van der Waals surface area contributed by atoms with E-state index < -0.39 is 12.1 Å². The van der Waals surface area contributed by atoms with Crippen molar-refractivity contribution in [3.05, 3.63) is 12.2 Å². The third kappa shape index (κ3) is 59.8. The lowest BCUT2D eigenvalue weighted by Gasteiger charge is -2.22. The lowest BCUT2D eigenvalue weighted by atomic mass is 10.0. The second kappa shape index (κ2) is 64.1. The Labute approximate surface area is 463 Å². The number of hydrogen-bond donors (Lipinski definition) is 3. The van der Waals surface area contributed by atoms with Gasteiger partial charge in [-0.3, -0.25) is 9.59 Å². The first kappa shape index (κ1) is 72.6. The van der Waals surface area contributed by atoms with Crippen LogP contribution in [-0.2, 0) is 14.3 Å². The molecule has 0 rings (SSSR count). The van der Waals surface area contributed by atoms with Crippen LogP contribution in [0.15, 0.2) is 12.2 Å². The van der Waals surface area contributed by atoms with Gasteiger partial charge in [-0.05, 0) is 51.4 Å². The molecule has 0 spiro atoms. The van der Waals surface area contributed by atoms with Crippen LogP contribution in [0, 0.1) is 0 Å². The molecule has 0 aliphatic carbocycles. The van der Waals surface area contributed by atoms with Crippen molar-refractivity contribution >= 4 is 11.9 Å². The van der Waals surface area contributed by atoms with E-state index in [1.54, 1.807) is 0 Å². The zero-order valence-electron chi connectivity index (χ0n) is 50.4. The van der Waals surface area contributed by atoms with Gasteiger partial charge in [0.25, 0.3) is 0 Å². The van der Waals surface area contributed by atoms with E-state index in [0.717, 1.165) is 44.9 Å². The number of hydrogen-bond acceptors (Lipinski definition) is 5. The molecule has 0 aromatic heterocycles. The predicted molar refractivity (Wildman–Crippen MR) is 324 cm³/mol. The first-order valence-corrected chi connectivity index (χ1v) is 33.9. The van der Waals surface area contributed by atoms with Gasteiger partial charge >= 0.3 is 5.97 Å². The molecule has 0 bridgehead atoms. The predicted octanol–water partition coefficient (Wildman–Crippen LogP) is 21.6. The summed E-state index contributed by atoms with van der Waals surface area (Å²) in [5.41, 5.74) is 0. The number of nitrogens with one attached hydrogen (secondary N) is 1. The third-order valence-corrected chi connectivity index (χ3v) is 16.1. The van der Waals surface area contributed by atoms with Crippen LogP contribution in [0.25, 0.3) is 0 Å². The zero-order chi connectivity index (χ0) is 53.6. The molecule has 0 radical (unpaired) electrons. The van der Waals surface area contributed by atoms with Gasteiger partial charge in [-0.2, -0.15) is 0 Å². The summed E-state index contributed by atoms with van der Waals surface area (Å²) in [6, 6.07) is -0.547. The quantitative estimate of drug-likeness (QED) is 0.0320. The Balaban J connectivity index is 3.40. The molecule has 2 unspecified atom stereocenters. The van der Waals surface area contributed by atoms with Crippen molar-refractivity contribution in [2.24, 2.45) is 0 Å². The Morgan fingerprint density at radius 1 is 0.365 bits per heavy atom. The van der Waals surface area contributed by atoms with Crippen LogP contribution >= 0.6 is 0 Å². The second-order valence-corrected chi connectivity index (χ2v) is 23.5. The van der Waals surface area contributed by atoms with Crippen molar-refractivity contribution in [1.29, 1.82) is 0 Å². The summed E-state index contributed by atoms with van der Waals surface area (Å²) in [5.74, 6) is -0.0365. The molecule has 74 heavy (non-hydrogen) atoms. The molecule has 0 aromatic carbocycles. The van der Waals surface area contributed by atoms with Gasteiger partial charge in [0.1, 0.15) is 0 Å². The van der Waals surface area contributed by atoms with E-state index in [1.807, 2.05) is 0 Å². The molecule has 3 N–H and O–H groups in total. The van der Waals surface area contributed by atoms with Crippen LogP contribution in [-0.4, -0.2) is 47.4 Å². The van der Waals surface area contributed by atoms with Crippen LogP contribution in [0.1, 0.15) is 386 Å². The van der Waals surface area contributed by atoms with E-state index >= 15 is 0 Å². The number of ether oxygens (including phenoxy) is 1. The van der Waals surface area contributed by atoms with Crippen LogP contribution in [0.2, 0.25) is 0 Å². The number of esters is 1. The van der Waals surface area contributed by atoms with Crippen molar-refractivity contribution < 1.29 is 24.5 Å². The monoisotopic (exact) mass is 1040 g/mol. The Morgan fingerprint density at radius 2 is 0.635 bits per heavy atom. The fraction of sp³-hybridized carbons (Fsp3) is 0.941. The maximum Gasteiger partial charge on any atom is 0.305 e. The molecule has 6 nitrogen and oxygen atoms in total. The largest absolute Gasteiger partial charge is 0.466 e. The van der Waals surface area contributed by atoms with Crippen molar-refractivity contribution in [3.63, 3.8) is 0 Å². The molecule has 0 fully saturated rings. The average Bonchev–Trinajstić information content (AvgIpc) is 3.40. The van der Waals surface area contributed by atoms with Crippen LogP contribution < -0.4 is 5.32 Å². The minimum absolute atomic E-state index is 0.00109. The average molecular weight is 1040 g/mol. The molecular weight excluding hydrogens is 911 g/mol. The van der Waals surface area contributed by atoms with Crippen molar-refractivity contribution in [2.45, 2.75) is 398 Å². The molecule has 1 amide bonds. The van der Waals surface area contributed by atoms with E-state index in [1.165, 1.54) is 308 Å². The number of rotatable bonds is 64. The molecule has 6 heteroatoms. The minimum atomic E-state index is -0.669. The highest BCUT2D eigenvalue weighted by Crippen LogP contribution is 2.19. The summed E-state index contributed by atoms with van der Waals surface area (Å²) in [7, 11) is 0. The van der Waals surface area contributed by atoms with Crippen molar-refractivity contribution in [2.75, 3.05) is 13.2 Å². The molecule has 440 valence electrons. The summed E-state index contributed by atoms with van der Waals surface area (Å²) in [4.78, 5) is 24.6. The lowest BCUT2D eigenvalue weighted by molar-refractivity contribution is -0.143. The van der Waals surface area contributed by atoms with Gasteiger partial charge < -0.3 is 20.3 Å². The van der Waals surface area contributed by atoms with Gasteiger partial charge in [-0.1, -0.05) is 334 Å². The number of amides is 1. The Kier molecular flexibility index (Phi) is 62.9. The molecule has 0 heterocycles. The molecule has 0 saturated heterocycles. The second-order valence-electron chi connectivity index (χ2n) is 23.5. The number of aliphatic hydroxyl groups excluding tert-OH is 2. The van der Waals surface area contributed by atoms with Crippen LogP contribution in [0.4, 0.5) is 0 Å². The Morgan fingerprint density at radius 3 is 0.959 bits per heavy atom. The van der Waals surface area contributed by atoms with Crippen LogP contribution in [0.5, 0.6) is 0 Å². The van der Waals surface area contributed by atoms with E-state index in [4.69, 9.17) is 4.74 Å². The number of carbonyl (C=O) groups is 2. The maximum absolute atomic E-state index is 12.5. The fourth-order valence-corrected chi connectivity index (χ4v) is 10.9. The van der Waals surface area contributed by atoms with Gasteiger partial charge in [0.2, 0.25) is 5.91 Å².